The van der Waals surface area contributed by atoms with Gasteiger partial charge < -0.3 is 14.5 Å². The number of aromatic nitrogens is 2. The first-order chi connectivity index (χ1) is 16.9. The lowest BCUT2D eigenvalue weighted by Gasteiger charge is -2.20. The number of thioether (sulfide) groups is 1. The second kappa shape index (κ2) is 10.6. The Morgan fingerprint density at radius 3 is 2.43 bits per heavy atom. The van der Waals surface area contributed by atoms with E-state index in [-0.39, 0.29) is 23.1 Å². The van der Waals surface area contributed by atoms with Crippen LogP contribution in [0.1, 0.15) is 29.9 Å². The summed E-state index contributed by atoms with van der Waals surface area (Å²) in [4.78, 5) is 34.2. The fraction of sp³-hybridized carbons (Fsp3) is 0.240. The maximum atomic E-state index is 13.3. The molecule has 180 valence electrons. The van der Waals surface area contributed by atoms with E-state index in [9.17, 15) is 14.7 Å². The molecule has 0 fully saturated rings. The third-order valence-corrected chi connectivity index (χ3v) is 6.47. The highest BCUT2D eigenvalue weighted by Gasteiger charge is 2.33. The summed E-state index contributed by atoms with van der Waals surface area (Å²) in [7, 11) is 1.46. The monoisotopic (exact) mass is 491 g/mol. The Morgan fingerprint density at radius 1 is 1.14 bits per heavy atom. The third kappa shape index (κ3) is 5.12. The zero-order valence-corrected chi connectivity index (χ0v) is 20.5. The largest absolute Gasteiger partial charge is 0.539 e. The van der Waals surface area contributed by atoms with Gasteiger partial charge in [0, 0.05) is 18.8 Å². The smallest absolute Gasteiger partial charge is 0.300 e. The lowest BCUT2D eigenvalue weighted by atomic mass is 10.1. The summed E-state index contributed by atoms with van der Waals surface area (Å²) in [5.74, 6) is -1.66. The van der Waals surface area contributed by atoms with Gasteiger partial charge in [-0.05, 0) is 49.8 Å². The lowest BCUT2D eigenvalue weighted by Crippen LogP contribution is -2.38. The van der Waals surface area contributed by atoms with Gasteiger partial charge in [-0.3, -0.25) is 14.5 Å². The van der Waals surface area contributed by atoms with E-state index in [1.165, 1.54) is 11.9 Å². The van der Waals surface area contributed by atoms with Crippen molar-refractivity contribution in [3.8, 4) is 5.95 Å². The number of anilines is 2. The van der Waals surface area contributed by atoms with Crippen LogP contribution in [0, 0.1) is 0 Å². The van der Waals surface area contributed by atoms with Crippen molar-refractivity contribution in [2.45, 2.75) is 13.8 Å². The van der Waals surface area contributed by atoms with Gasteiger partial charge in [0.1, 0.15) is 5.70 Å². The fourth-order valence-electron chi connectivity index (χ4n) is 3.73. The van der Waals surface area contributed by atoms with Crippen LogP contribution in [0.5, 0.6) is 5.95 Å². The Balaban J connectivity index is 1.61. The summed E-state index contributed by atoms with van der Waals surface area (Å²) < 4.78 is 5.64. The highest BCUT2D eigenvalue weighted by Crippen LogP contribution is 2.30. The van der Waals surface area contributed by atoms with Gasteiger partial charge in [0.25, 0.3) is 11.6 Å². The number of para-hydroxylation sites is 1. The number of benzene rings is 2. The molecule has 0 bridgehead atoms. The molecule has 0 atom stereocenters. The van der Waals surface area contributed by atoms with Crippen molar-refractivity contribution in [3.05, 3.63) is 71.6 Å². The maximum absolute atomic E-state index is 13.3. The number of amides is 1. The number of hydrogen-bond donors (Lipinski definition) is 0. The van der Waals surface area contributed by atoms with E-state index in [1.807, 2.05) is 42.5 Å². The Bertz CT molecular complexity index is 1260. The Labute approximate surface area is 207 Å². The van der Waals surface area contributed by atoms with E-state index in [4.69, 9.17) is 0 Å². The van der Waals surface area contributed by atoms with Gasteiger partial charge in [-0.15, -0.1) is 0 Å². The number of carbonyl (C=O) groups is 2. The van der Waals surface area contributed by atoms with E-state index < -0.39 is 11.7 Å². The number of Topliss-reactive ketones (excluding diaryl/α,β-unsaturated/α-hetero) is 1. The second-order valence-corrected chi connectivity index (χ2v) is 8.65. The average Bonchev–Trinajstić information content (AvgIpc) is 3.37. The Hall–Kier alpha value is -3.92. The van der Waals surface area contributed by atoms with E-state index in [1.54, 1.807) is 18.2 Å². The van der Waals surface area contributed by atoms with Crippen molar-refractivity contribution in [2.75, 3.05) is 28.6 Å². The fourth-order valence-corrected chi connectivity index (χ4v) is 4.61. The molecular weight excluding hydrogens is 466 g/mol. The zero-order chi connectivity index (χ0) is 24.9. The molecule has 0 radical (unpaired) electrons. The molecule has 10 heteroatoms. The summed E-state index contributed by atoms with van der Waals surface area (Å²) in [5.41, 5.74) is 2.70. The summed E-state index contributed by atoms with van der Waals surface area (Å²) >= 11 is 1.08. The summed E-state index contributed by atoms with van der Waals surface area (Å²) in [6.07, 6.45) is 1.73. The normalized spacial score (nSPS) is 14.5. The number of aryl methyl sites for hydroxylation is 1. The summed E-state index contributed by atoms with van der Waals surface area (Å²) in [5, 5.41) is 15.6. The number of amidine groups is 1. The van der Waals surface area contributed by atoms with Gasteiger partial charge in [-0.25, -0.2) is 4.99 Å². The van der Waals surface area contributed by atoms with Crippen LogP contribution >= 0.6 is 11.8 Å². The molecule has 1 amide bonds. The molecule has 2 heterocycles. The predicted molar refractivity (Wildman–Crippen MR) is 133 cm³/mol. The number of nitrogens with zero attached hydrogens (tertiary/aromatic N) is 5. The standard InChI is InChI=1S/C25H25N5O4S/c1-4-29(5-2)18-13-11-17(12-14-18)15-20-23(32)30(19-9-7-6-8-10-19)25(26-20)35-16-21(31)22-24(33)34-27-28(22)3/h6-15H,4-5,16H2,1-3H3/b20-15+. The number of hydrogen-bond acceptors (Lipinski definition) is 8. The molecule has 0 saturated carbocycles. The number of ketones is 1. The van der Waals surface area contributed by atoms with Crippen LogP contribution in [0.15, 0.2) is 69.8 Å². The number of aliphatic imine (C=N–C) groups is 1. The third-order valence-electron chi connectivity index (χ3n) is 5.53. The number of rotatable bonds is 8. The molecule has 2 aromatic carbocycles. The molecule has 0 spiro atoms. The van der Waals surface area contributed by atoms with Crippen molar-refractivity contribution in [1.29, 1.82) is 0 Å². The summed E-state index contributed by atoms with van der Waals surface area (Å²) in [6.45, 7) is 6.03. The first kappa shape index (κ1) is 24.2. The highest BCUT2D eigenvalue weighted by molar-refractivity contribution is 8.14. The van der Waals surface area contributed by atoms with Gasteiger partial charge in [0.05, 0.1) is 16.7 Å². The molecule has 1 aromatic heterocycles. The summed E-state index contributed by atoms with van der Waals surface area (Å²) in [6, 6.07) is 17.0. The average molecular weight is 492 g/mol. The first-order valence-corrected chi connectivity index (χ1v) is 12.1. The topological polar surface area (TPSA) is 106 Å². The Kier molecular flexibility index (Phi) is 7.31. The maximum Gasteiger partial charge on any atom is 0.300 e. The molecule has 0 N–H and O–H groups in total. The number of carbonyl (C=O) groups excluding carboxylic acids is 2. The van der Waals surface area contributed by atoms with Crippen LogP contribution in [0.4, 0.5) is 11.4 Å². The molecule has 3 aromatic rings. The minimum Gasteiger partial charge on any atom is -0.539 e. The molecule has 0 unspecified atom stereocenters. The quantitative estimate of drug-likeness (QED) is 0.271. The first-order valence-electron chi connectivity index (χ1n) is 11.2. The molecule has 0 saturated heterocycles. The van der Waals surface area contributed by atoms with Gasteiger partial charge in [-0.2, -0.15) is 0 Å². The van der Waals surface area contributed by atoms with Gasteiger partial charge in [0.15, 0.2) is 18.2 Å². The molecule has 0 aliphatic carbocycles. The molecule has 1 aliphatic heterocycles. The molecular formula is C25H25N5O4S. The van der Waals surface area contributed by atoms with Crippen molar-refractivity contribution in [2.24, 2.45) is 12.0 Å². The second-order valence-electron chi connectivity index (χ2n) is 7.71. The van der Waals surface area contributed by atoms with Gasteiger partial charge in [0.2, 0.25) is 5.78 Å². The van der Waals surface area contributed by atoms with Crippen molar-refractivity contribution < 1.29 is 23.9 Å². The lowest BCUT2D eigenvalue weighted by molar-refractivity contribution is -0.741. The molecule has 9 nitrogen and oxygen atoms in total. The zero-order valence-electron chi connectivity index (χ0n) is 19.7. The molecule has 35 heavy (non-hydrogen) atoms. The van der Waals surface area contributed by atoms with Crippen LogP contribution < -0.4 is 19.6 Å². The molecule has 4 rings (SSSR count). The van der Waals surface area contributed by atoms with Crippen LogP contribution in [0.3, 0.4) is 0 Å². The minimum absolute atomic E-state index is 0.106. The van der Waals surface area contributed by atoms with E-state index >= 15 is 0 Å². The SMILES string of the molecule is CCN(CC)c1ccc(/C=C2/N=C(SCC(=O)c3c([O-])on[n+]3C)N(c3ccccc3)C2=O)cc1. The van der Waals surface area contributed by atoms with E-state index in [0.717, 1.165) is 40.8 Å². The molecule has 1 aliphatic rings. The highest BCUT2D eigenvalue weighted by atomic mass is 32.2. The predicted octanol–water partition coefficient (Wildman–Crippen LogP) is 2.78. The van der Waals surface area contributed by atoms with Crippen molar-refractivity contribution >= 4 is 46.1 Å². The minimum atomic E-state index is -0.795. The van der Waals surface area contributed by atoms with Gasteiger partial charge in [-0.1, -0.05) is 46.8 Å². The Morgan fingerprint density at radius 2 is 1.83 bits per heavy atom. The van der Waals surface area contributed by atoms with E-state index in [2.05, 4.69) is 33.5 Å². The van der Waals surface area contributed by atoms with Crippen molar-refractivity contribution in [1.82, 2.24) is 5.27 Å². The van der Waals surface area contributed by atoms with E-state index in [0.29, 0.717) is 10.9 Å². The van der Waals surface area contributed by atoms with Crippen LogP contribution in [-0.4, -0.2) is 41.0 Å². The van der Waals surface area contributed by atoms with Crippen LogP contribution in [-0.2, 0) is 11.8 Å². The van der Waals surface area contributed by atoms with Crippen molar-refractivity contribution in [3.63, 3.8) is 0 Å². The van der Waals surface area contributed by atoms with Crippen LogP contribution in [0.2, 0.25) is 0 Å². The van der Waals surface area contributed by atoms with Crippen LogP contribution in [0.25, 0.3) is 6.08 Å². The van der Waals surface area contributed by atoms with Gasteiger partial charge >= 0.3 is 0 Å².